The average Bonchev–Trinajstić information content (AvgIpc) is 2.82. The molecule has 1 aliphatic rings. The summed E-state index contributed by atoms with van der Waals surface area (Å²) in [4.78, 5) is 12.6. The van der Waals surface area contributed by atoms with E-state index in [9.17, 15) is 9.18 Å². The van der Waals surface area contributed by atoms with Gasteiger partial charge >= 0.3 is 0 Å². The van der Waals surface area contributed by atoms with Crippen LogP contribution >= 0.6 is 0 Å². The zero-order valence-corrected chi connectivity index (χ0v) is 13.3. The van der Waals surface area contributed by atoms with Gasteiger partial charge in [0.1, 0.15) is 5.82 Å². The second kappa shape index (κ2) is 6.12. The lowest BCUT2D eigenvalue weighted by Gasteiger charge is -2.36. The summed E-state index contributed by atoms with van der Waals surface area (Å²) in [6.45, 7) is 5.62. The normalized spacial score (nSPS) is 18.5. The van der Waals surface area contributed by atoms with Crippen LogP contribution in [0.1, 0.15) is 24.0 Å². The third-order valence-electron chi connectivity index (χ3n) is 4.48. The van der Waals surface area contributed by atoms with Crippen molar-refractivity contribution in [3.05, 3.63) is 29.1 Å². The van der Waals surface area contributed by atoms with Gasteiger partial charge in [-0.1, -0.05) is 0 Å². The minimum absolute atomic E-state index is 0.0558. The van der Waals surface area contributed by atoms with Crippen molar-refractivity contribution in [2.75, 3.05) is 32.5 Å². The van der Waals surface area contributed by atoms with E-state index >= 15 is 0 Å². The Hall–Kier alpha value is -1.46. The molecule has 1 aliphatic heterocycles. The molecule has 1 atom stereocenters. The van der Waals surface area contributed by atoms with Crippen LogP contribution in [0.2, 0.25) is 0 Å². The highest BCUT2D eigenvalue weighted by Gasteiger charge is 2.39. The average molecular weight is 294 g/mol. The van der Waals surface area contributed by atoms with Crippen molar-refractivity contribution in [3.8, 4) is 0 Å². The maximum absolute atomic E-state index is 13.3. The van der Waals surface area contributed by atoms with Crippen LogP contribution in [0.15, 0.2) is 12.1 Å². The second-order valence-corrected chi connectivity index (χ2v) is 6.23. The van der Waals surface area contributed by atoms with Crippen LogP contribution < -0.4 is 10.6 Å². The van der Waals surface area contributed by atoms with Gasteiger partial charge in [0, 0.05) is 18.5 Å². The summed E-state index contributed by atoms with van der Waals surface area (Å²) < 4.78 is 14.1. The topological polar surface area (TPSA) is 41.1 Å². The van der Waals surface area contributed by atoms with Crippen LogP contribution in [0.5, 0.6) is 0 Å². The summed E-state index contributed by atoms with van der Waals surface area (Å²) in [5, 5.41) is 6.12. The number of likely N-dealkylation sites (tertiary alicyclic amines) is 1. The van der Waals surface area contributed by atoms with Crippen molar-refractivity contribution < 1.29 is 13.7 Å². The van der Waals surface area contributed by atoms with E-state index in [2.05, 4.69) is 17.7 Å². The monoisotopic (exact) mass is 294 g/mol. The lowest BCUT2D eigenvalue weighted by Crippen LogP contribution is -2.61. The maximum Gasteiger partial charge on any atom is 0.298 e. The van der Waals surface area contributed by atoms with Crippen LogP contribution in [0.25, 0.3) is 0 Å². The summed E-state index contributed by atoms with van der Waals surface area (Å²) in [6.07, 6.45) is 2.02. The van der Waals surface area contributed by atoms with Crippen molar-refractivity contribution in [1.29, 1.82) is 0 Å². The number of halogens is 1. The van der Waals surface area contributed by atoms with Gasteiger partial charge < -0.3 is 9.80 Å². The molecule has 0 radical (unpaired) electrons. The quantitative estimate of drug-likeness (QED) is 0.836. The summed E-state index contributed by atoms with van der Waals surface area (Å²) >= 11 is 0. The Morgan fingerprint density at radius 1 is 1.24 bits per heavy atom. The Morgan fingerprint density at radius 3 is 2.24 bits per heavy atom. The van der Waals surface area contributed by atoms with Gasteiger partial charge in [0.25, 0.3) is 5.91 Å². The lowest BCUT2D eigenvalue weighted by molar-refractivity contribution is -0.915. The predicted molar refractivity (Wildman–Crippen MR) is 82.5 cm³/mol. The fraction of sp³-hybridized carbons (Fsp3) is 0.562. The van der Waals surface area contributed by atoms with E-state index in [0.29, 0.717) is 10.2 Å². The van der Waals surface area contributed by atoms with Crippen LogP contribution in [-0.2, 0) is 4.79 Å². The number of anilines is 1. The number of likely N-dealkylation sites (N-methyl/N-ethyl adjacent to an activating group) is 2. The molecule has 1 unspecified atom stereocenters. The van der Waals surface area contributed by atoms with Gasteiger partial charge in [-0.25, -0.2) is 4.39 Å². The number of quaternary nitrogens is 1. The minimum atomic E-state index is -0.281. The van der Waals surface area contributed by atoms with Crippen LogP contribution in [0, 0.1) is 19.7 Å². The molecule has 0 aliphatic carbocycles. The Bertz CT molecular complexity index is 515. The van der Waals surface area contributed by atoms with E-state index in [4.69, 9.17) is 0 Å². The second-order valence-electron chi connectivity index (χ2n) is 6.23. The fourth-order valence-electron chi connectivity index (χ4n) is 3.34. The minimum Gasteiger partial charge on any atom is -0.319 e. The van der Waals surface area contributed by atoms with E-state index in [1.54, 1.807) is 0 Å². The van der Waals surface area contributed by atoms with Crippen molar-refractivity contribution >= 4 is 11.6 Å². The highest BCUT2D eigenvalue weighted by atomic mass is 19.1. The van der Waals surface area contributed by atoms with Gasteiger partial charge in [-0.2, -0.15) is 0 Å². The van der Waals surface area contributed by atoms with E-state index < -0.39 is 0 Å². The molecule has 116 valence electrons. The molecule has 0 aromatic heterocycles. The predicted octanol–water partition coefficient (Wildman–Crippen LogP) is 2.17. The standard InChI is InChI=1S/C16H24FN3O/c1-11-9-13(17)10-12(2)14(11)19-16(21)15(18-3)20(4)7-5-6-8-20/h9-10,15,18H,5-8H2,1-4H3/p+1. The Kier molecular flexibility index (Phi) is 4.64. The smallest absolute Gasteiger partial charge is 0.298 e. The van der Waals surface area contributed by atoms with Crippen molar-refractivity contribution in [2.24, 2.45) is 0 Å². The number of nitrogens with zero attached hydrogens (tertiary/aromatic N) is 1. The van der Waals surface area contributed by atoms with Gasteiger partial charge in [-0.05, 0) is 44.2 Å². The zero-order chi connectivity index (χ0) is 15.6. The molecular formula is C16H25FN3O+. The lowest BCUT2D eigenvalue weighted by atomic mass is 10.1. The molecule has 4 nitrogen and oxygen atoms in total. The fourth-order valence-corrected chi connectivity index (χ4v) is 3.34. The largest absolute Gasteiger partial charge is 0.319 e. The number of carbonyl (C=O) groups excluding carboxylic acids is 1. The molecule has 1 saturated heterocycles. The molecule has 2 rings (SSSR count). The van der Waals surface area contributed by atoms with Gasteiger partial charge in [0.15, 0.2) is 0 Å². The van der Waals surface area contributed by atoms with E-state index in [1.807, 2.05) is 20.9 Å². The van der Waals surface area contributed by atoms with Gasteiger partial charge in [0.2, 0.25) is 6.17 Å². The van der Waals surface area contributed by atoms with Gasteiger partial charge in [0.05, 0.1) is 20.1 Å². The SMILES string of the molecule is CNC(C(=O)Nc1c(C)cc(F)cc1C)[N+]1(C)CCCC1. The summed E-state index contributed by atoms with van der Waals surface area (Å²) in [6, 6.07) is 2.90. The first-order valence-corrected chi connectivity index (χ1v) is 7.46. The first-order chi connectivity index (χ1) is 9.87. The number of nitrogens with one attached hydrogen (secondary N) is 2. The number of amides is 1. The molecule has 0 spiro atoms. The van der Waals surface area contributed by atoms with Gasteiger partial charge in [-0.3, -0.25) is 10.1 Å². The van der Waals surface area contributed by atoms with Crippen molar-refractivity contribution in [3.63, 3.8) is 0 Å². The molecule has 1 amide bonds. The molecule has 0 saturated carbocycles. The van der Waals surface area contributed by atoms with Gasteiger partial charge in [-0.15, -0.1) is 0 Å². The van der Waals surface area contributed by atoms with Crippen LogP contribution in [0.3, 0.4) is 0 Å². The summed E-state index contributed by atoms with van der Waals surface area (Å²) in [5.41, 5.74) is 2.21. The maximum atomic E-state index is 13.3. The number of rotatable bonds is 4. The number of aryl methyl sites for hydroxylation is 2. The molecule has 0 bridgehead atoms. The molecule has 21 heavy (non-hydrogen) atoms. The third-order valence-corrected chi connectivity index (χ3v) is 4.48. The molecular weight excluding hydrogens is 269 g/mol. The van der Waals surface area contributed by atoms with Crippen molar-refractivity contribution in [1.82, 2.24) is 5.32 Å². The zero-order valence-electron chi connectivity index (χ0n) is 13.3. The van der Waals surface area contributed by atoms with Crippen LogP contribution in [0.4, 0.5) is 10.1 Å². The molecule has 5 heteroatoms. The molecule has 1 fully saturated rings. The number of carbonyl (C=O) groups is 1. The molecule has 2 N–H and O–H groups in total. The highest BCUT2D eigenvalue weighted by Crippen LogP contribution is 2.24. The number of hydrogen-bond acceptors (Lipinski definition) is 2. The molecule has 1 aromatic rings. The number of hydrogen-bond donors (Lipinski definition) is 2. The van der Waals surface area contributed by atoms with Crippen molar-refractivity contribution in [2.45, 2.75) is 32.9 Å². The first kappa shape index (κ1) is 15.9. The Balaban J connectivity index is 2.20. The summed E-state index contributed by atoms with van der Waals surface area (Å²) in [5.74, 6) is -0.327. The molecule has 1 heterocycles. The van der Waals surface area contributed by atoms with E-state index in [-0.39, 0.29) is 17.9 Å². The number of benzene rings is 1. The Labute approximate surface area is 125 Å². The highest BCUT2D eigenvalue weighted by molar-refractivity contribution is 5.95. The van der Waals surface area contributed by atoms with E-state index in [1.165, 1.54) is 12.1 Å². The van der Waals surface area contributed by atoms with Crippen LogP contribution in [-0.4, -0.2) is 43.7 Å². The Morgan fingerprint density at radius 2 is 1.76 bits per heavy atom. The van der Waals surface area contributed by atoms with E-state index in [0.717, 1.165) is 37.1 Å². The first-order valence-electron chi connectivity index (χ1n) is 7.46. The summed E-state index contributed by atoms with van der Waals surface area (Å²) in [7, 11) is 3.93. The molecule has 1 aromatic carbocycles. The third kappa shape index (κ3) is 3.24.